The first kappa shape index (κ1) is 30.8. The Hall–Kier alpha value is -0.440. The first-order valence-electron chi connectivity index (χ1n) is 13.1. The average Bonchev–Trinajstić information content (AvgIpc) is 2.86. The van der Waals surface area contributed by atoms with Crippen molar-refractivity contribution in [2.24, 2.45) is 0 Å². The Balaban J connectivity index is 1.74. The normalized spacial score (nSPS) is 38.1. The maximum Gasteiger partial charge on any atom is 0.187 e. The Labute approximate surface area is 207 Å². The summed E-state index contributed by atoms with van der Waals surface area (Å²) in [4.78, 5) is 0. The lowest BCUT2D eigenvalue weighted by atomic mass is 9.97. The monoisotopic (exact) mass is 510 g/mol. The second-order valence-electron chi connectivity index (χ2n) is 9.56. The highest BCUT2D eigenvalue weighted by Gasteiger charge is 2.50. The number of rotatable bonds is 16. The Morgan fingerprint density at radius 1 is 0.571 bits per heavy atom. The molecule has 10 atom stereocenters. The fraction of sp³-hybridized carbons (Fsp3) is 1.00. The van der Waals surface area contributed by atoms with Crippen LogP contribution >= 0.6 is 0 Å². The first-order chi connectivity index (χ1) is 16.8. The Morgan fingerprint density at radius 3 is 1.66 bits per heavy atom. The zero-order valence-electron chi connectivity index (χ0n) is 20.7. The molecule has 2 aliphatic heterocycles. The number of unbranched alkanes of at least 4 members (excludes halogenated alkanes) is 9. The van der Waals surface area contributed by atoms with Gasteiger partial charge in [0.25, 0.3) is 0 Å². The van der Waals surface area contributed by atoms with Crippen molar-refractivity contribution in [2.45, 2.75) is 133 Å². The zero-order chi connectivity index (χ0) is 25.8. The van der Waals surface area contributed by atoms with Crippen LogP contribution < -0.4 is 0 Å². The minimum Gasteiger partial charge on any atom is -0.394 e. The largest absolute Gasteiger partial charge is 0.394 e. The van der Waals surface area contributed by atoms with Crippen LogP contribution in [0.2, 0.25) is 0 Å². The highest BCUT2D eigenvalue weighted by Crippen LogP contribution is 2.29. The van der Waals surface area contributed by atoms with Crippen molar-refractivity contribution in [3.05, 3.63) is 0 Å². The van der Waals surface area contributed by atoms with E-state index in [-0.39, 0.29) is 0 Å². The molecule has 35 heavy (non-hydrogen) atoms. The number of hydrogen-bond acceptors (Lipinski definition) is 11. The zero-order valence-corrected chi connectivity index (χ0v) is 20.7. The third-order valence-corrected chi connectivity index (χ3v) is 6.74. The maximum absolute atomic E-state index is 10.6. The molecule has 2 heterocycles. The lowest BCUT2D eigenvalue weighted by molar-refractivity contribution is -0.359. The van der Waals surface area contributed by atoms with E-state index in [1.165, 1.54) is 44.9 Å². The van der Waals surface area contributed by atoms with Gasteiger partial charge >= 0.3 is 0 Å². The van der Waals surface area contributed by atoms with E-state index in [0.717, 1.165) is 19.3 Å². The summed E-state index contributed by atoms with van der Waals surface area (Å²) < 4.78 is 22.0. The van der Waals surface area contributed by atoms with Crippen LogP contribution in [0.1, 0.15) is 71.1 Å². The molecule has 7 N–H and O–H groups in total. The first-order valence-corrected chi connectivity index (χ1v) is 13.1. The molecule has 4 unspecified atom stereocenters. The summed E-state index contributed by atoms with van der Waals surface area (Å²) in [7, 11) is 0. The van der Waals surface area contributed by atoms with Gasteiger partial charge in [0.05, 0.1) is 13.2 Å². The second kappa shape index (κ2) is 16.4. The molecule has 11 nitrogen and oxygen atoms in total. The second-order valence-corrected chi connectivity index (χ2v) is 9.56. The highest BCUT2D eigenvalue weighted by molar-refractivity contribution is 4.94. The Kier molecular flexibility index (Phi) is 14.4. The molecular formula is C24H46O11. The number of aliphatic hydroxyl groups is 7. The molecule has 0 bridgehead atoms. The van der Waals surface area contributed by atoms with Crippen molar-refractivity contribution in [3.8, 4) is 0 Å². The standard InChI is InChI=1S/C24H46O11/c1-2-3-4-5-6-7-8-9-10-11-12-32-23-21(31)19(29)22(16(14-26)34-23)35-24-20(30)18(28)17(27)15(13-25)33-24/h15-31H,2-14H2,1H3/t15?,16?,17-,18-,19+,20?,21?,22+,23-,24+/m1/s1. The summed E-state index contributed by atoms with van der Waals surface area (Å²) in [6.07, 6.45) is -2.63. The quantitative estimate of drug-likeness (QED) is 0.134. The number of aliphatic hydroxyl groups excluding tert-OH is 7. The van der Waals surface area contributed by atoms with Gasteiger partial charge in [-0.15, -0.1) is 0 Å². The molecule has 11 heteroatoms. The summed E-state index contributed by atoms with van der Waals surface area (Å²) in [5, 5.41) is 70.1. The number of hydrogen-bond donors (Lipinski definition) is 7. The molecule has 0 radical (unpaired) electrons. The SMILES string of the molecule is CCCCCCCCCCCCO[C@@H]1OC(CO)[C@H](O[C@@H]2OC(CO)[C@@H](O)[C@@H](O)C2O)[C@@H](O)C1O. The summed E-state index contributed by atoms with van der Waals surface area (Å²) in [6.45, 7) is 1.31. The maximum atomic E-state index is 10.6. The van der Waals surface area contributed by atoms with Crippen LogP contribution in [0.25, 0.3) is 0 Å². The molecule has 208 valence electrons. The summed E-state index contributed by atoms with van der Waals surface area (Å²) in [5.41, 5.74) is 0. The van der Waals surface area contributed by atoms with E-state index in [9.17, 15) is 35.7 Å². The fourth-order valence-electron chi connectivity index (χ4n) is 4.48. The molecule has 0 saturated carbocycles. The van der Waals surface area contributed by atoms with Crippen molar-refractivity contribution < 1.29 is 54.7 Å². The van der Waals surface area contributed by atoms with Crippen LogP contribution in [0.5, 0.6) is 0 Å². The summed E-state index contributed by atoms with van der Waals surface area (Å²) >= 11 is 0. The van der Waals surface area contributed by atoms with Gasteiger partial charge in [0.1, 0.15) is 48.8 Å². The van der Waals surface area contributed by atoms with E-state index in [4.69, 9.17) is 18.9 Å². The lowest BCUT2D eigenvalue weighted by Crippen LogP contribution is -2.64. The van der Waals surface area contributed by atoms with Crippen molar-refractivity contribution in [1.82, 2.24) is 0 Å². The van der Waals surface area contributed by atoms with Crippen LogP contribution in [0.3, 0.4) is 0 Å². The molecule has 2 rings (SSSR count). The predicted molar refractivity (Wildman–Crippen MR) is 124 cm³/mol. The molecule has 0 aromatic rings. The Bertz CT molecular complexity index is 550. The van der Waals surface area contributed by atoms with Gasteiger partial charge in [-0.05, 0) is 6.42 Å². The van der Waals surface area contributed by atoms with Gasteiger partial charge in [-0.3, -0.25) is 0 Å². The molecule has 2 fully saturated rings. The minimum atomic E-state index is -1.69. The van der Waals surface area contributed by atoms with Crippen LogP contribution in [0.4, 0.5) is 0 Å². The van der Waals surface area contributed by atoms with Crippen LogP contribution in [-0.2, 0) is 18.9 Å². The molecule has 0 amide bonds. The lowest BCUT2D eigenvalue weighted by Gasteiger charge is -2.45. The molecule has 2 aliphatic rings. The van der Waals surface area contributed by atoms with Gasteiger partial charge in [-0.1, -0.05) is 64.7 Å². The minimum absolute atomic E-state index is 0.321. The van der Waals surface area contributed by atoms with E-state index in [2.05, 4.69) is 6.92 Å². The summed E-state index contributed by atoms with van der Waals surface area (Å²) in [5.74, 6) is 0. The Morgan fingerprint density at radius 2 is 1.09 bits per heavy atom. The van der Waals surface area contributed by atoms with Crippen molar-refractivity contribution in [1.29, 1.82) is 0 Å². The summed E-state index contributed by atoms with van der Waals surface area (Å²) in [6, 6.07) is 0. The van der Waals surface area contributed by atoms with Crippen LogP contribution in [-0.4, -0.2) is 117 Å². The third-order valence-electron chi connectivity index (χ3n) is 6.74. The van der Waals surface area contributed by atoms with E-state index < -0.39 is 74.6 Å². The number of ether oxygens (including phenoxy) is 4. The molecule has 0 spiro atoms. The average molecular weight is 511 g/mol. The predicted octanol–water partition coefficient (Wildman–Crippen LogP) is -0.452. The van der Waals surface area contributed by atoms with Gasteiger partial charge in [-0.2, -0.15) is 0 Å². The van der Waals surface area contributed by atoms with E-state index >= 15 is 0 Å². The smallest absolute Gasteiger partial charge is 0.187 e. The van der Waals surface area contributed by atoms with Gasteiger partial charge in [0.2, 0.25) is 0 Å². The molecule has 2 saturated heterocycles. The van der Waals surface area contributed by atoms with Crippen molar-refractivity contribution in [3.63, 3.8) is 0 Å². The van der Waals surface area contributed by atoms with Crippen LogP contribution in [0.15, 0.2) is 0 Å². The molecular weight excluding hydrogens is 464 g/mol. The van der Waals surface area contributed by atoms with Crippen molar-refractivity contribution >= 4 is 0 Å². The van der Waals surface area contributed by atoms with E-state index in [1.807, 2.05) is 0 Å². The molecule has 0 aromatic heterocycles. The molecule has 0 aliphatic carbocycles. The van der Waals surface area contributed by atoms with Gasteiger partial charge in [0.15, 0.2) is 12.6 Å². The van der Waals surface area contributed by atoms with Gasteiger partial charge in [0, 0.05) is 6.61 Å². The van der Waals surface area contributed by atoms with Gasteiger partial charge < -0.3 is 54.7 Å². The van der Waals surface area contributed by atoms with Crippen LogP contribution in [0, 0.1) is 0 Å². The highest BCUT2D eigenvalue weighted by atomic mass is 16.7. The van der Waals surface area contributed by atoms with E-state index in [0.29, 0.717) is 6.61 Å². The molecule has 0 aromatic carbocycles. The van der Waals surface area contributed by atoms with Crippen molar-refractivity contribution in [2.75, 3.05) is 19.8 Å². The third kappa shape index (κ3) is 9.11. The van der Waals surface area contributed by atoms with Gasteiger partial charge in [-0.25, -0.2) is 0 Å². The fourth-order valence-corrected chi connectivity index (χ4v) is 4.48. The topological polar surface area (TPSA) is 179 Å². The van der Waals surface area contributed by atoms with E-state index in [1.54, 1.807) is 0 Å².